The second-order valence-corrected chi connectivity index (χ2v) is 6.18. The standard InChI is InChI=1S/C17H15N3O2S/c1-10(21)18-13-7-12(8-14(9-13)19-11(2)22)17-20-15-5-3-4-6-16(15)23-17/h3-9H,1-2H3,(H,18,21)(H,19,22). The van der Waals surface area contributed by atoms with Crippen LogP contribution in [0.5, 0.6) is 0 Å². The summed E-state index contributed by atoms with van der Waals surface area (Å²) >= 11 is 1.57. The molecule has 2 aromatic carbocycles. The van der Waals surface area contributed by atoms with Crippen molar-refractivity contribution in [1.29, 1.82) is 0 Å². The van der Waals surface area contributed by atoms with Crippen molar-refractivity contribution >= 4 is 44.7 Å². The van der Waals surface area contributed by atoms with E-state index in [1.165, 1.54) is 13.8 Å². The predicted octanol–water partition coefficient (Wildman–Crippen LogP) is 3.88. The number of hydrogen-bond acceptors (Lipinski definition) is 4. The largest absolute Gasteiger partial charge is 0.326 e. The lowest BCUT2D eigenvalue weighted by Crippen LogP contribution is -2.09. The SMILES string of the molecule is CC(=O)Nc1cc(NC(C)=O)cc(-c2nc3ccccc3s2)c1. The Labute approximate surface area is 137 Å². The minimum atomic E-state index is -0.166. The van der Waals surface area contributed by atoms with Gasteiger partial charge < -0.3 is 10.6 Å². The fraction of sp³-hybridized carbons (Fsp3) is 0.118. The van der Waals surface area contributed by atoms with Crippen molar-refractivity contribution in [1.82, 2.24) is 4.98 Å². The molecule has 0 fully saturated rings. The van der Waals surface area contributed by atoms with Gasteiger partial charge in [0, 0.05) is 30.8 Å². The van der Waals surface area contributed by atoms with Crippen LogP contribution in [0, 0.1) is 0 Å². The number of amides is 2. The molecule has 0 atom stereocenters. The number of anilines is 2. The first-order valence-electron chi connectivity index (χ1n) is 7.07. The first kappa shape index (κ1) is 15.2. The fourth-order valence-electron chi connectivity index (χ4n) is 2.30. The molecule has 6 heteroatoms. The number of rotatable bonds is 3. The minimum absolute atomic E-state index is 0.166. The molecule has 0 radical (unpaired) electrons. The van der Waals surface area contributed by atoms with Crippen LogP contribution in [-0.4, -0.2) is 16.8 Å². The first-order chi connectivity index (χ1) is 11.0. The van der Waals surface area contributed by atoms with Crippen molar-refractivity contribution in [3.63, 3.8) is 0 Å². The second kappa shape index (κ2) is 6.18. The fourth-order valence-corrected chi connectivity index (χ4v) is 3.25. The van der Waals surface area contributed by atoms with Crippen LogP contribution in [0.4, 0.5) is 11.4 Å². The van der Waals surface area contributed by atoms with Crippen molar-refractivity contribution in [2.24, 2.45) is 0 Å². The Balaban J connectivity index is 2.08. The van der Waals surface area contributed by atoms with Gasteiger partial charge in [-0.25, -0.2) is 4.98 Å². The van der Waals surface area contributed by atoms with Crippen molar-refractivity contribution < 1.29 is 9.59 Å². The first-order valence-corrected chi connectivity index (χ1v) is 7.89. The second-order valence-electron chi connectivity index (χ2n) is 5.15. The number of hydrogen-bond donors (Lipinski definition) is 2. The third-order valence-electron chi connectivity index (χ3n) is 3.11. The van der Waals surface area contributed by atoms with Crippen LogP contribution >= 0.6 is 11.3 Å². The lowest BCUT2D eigenvalue weighted by molar-refractivity contribution is -0.115. The van der Waals surface area contributed by atoms with E-state index >= 15 is 0 Å². The van der Waals surface area contributed by atoms with Crippen LogP contribution in [0.2, 0.25) is 0 Å². The lowest BCUT2D eigenvalue weighted by atomic mass is 10.1. The van der Waals surface area contributed by atoms with Gasteiger partial charge in [0.1, 0.15) is 5.01 Å². The zero-order valence-electron chi connectivity index (χ0n) is 12.7. The summed E-state index contributed by atoms with van der Waals surface area (Å²) in [6.07, 6.45) is 0. The topological polar surface area (TPSA) is 71.1 Å². The van der Waals surface area contributed by atoms with Gasteiger partial charge >= 0.3 is 0 Å². The molecule has 0 saturated heterocycles. The van der Waals surface area contributed by atoms with Crippen LogP contribution in [-0.2, 0) is 9.59 Å². The van der Waals surface area contributed by atoms with Crippen molar-refractivity contribution in [2.75, 3.05) is 10.6 Å². The molecule has 3 aromatic rings. The van der Waals surface area contributed by atoms with Gasteiger partial charge in [0.05, 0.1) is 10.2 Å². The molecule has 2 N–H and O–H groups in total. The third kappa shape index (κ3) is 3.54. The number of carbonyl (C=O) groups is 2. The summed E-state index contributed by atoms with van der Waals surface area (Å²) < 4.78 is 1.09. The van der Waals surface area contributed by atoms with Gasteiger partial charge in [-0.15, -0.1) is 11.3 Å². The highest BCUT2D eigenvalue weighted by Gasteiger charge is 2.10. The molecule has 0 bridgehead atoms. The maximum atomic E-state index is 11.3. The van der Waals surface area contributed by atoms with E-state index in [-0.39, 0.29) is 11.8 Å². The smallest absolute Gasteiger partial charge is 0.221 e. The highest BCUT2D eigenvalue weighted by Crippen LogP contribution is 2.33. The van der Waals surface area contributed by atoms with E-state index in [0.717, 1.165) is 20.8 Å². The quantitative estimate of drug-likeness (QED) is 0.767. The van der Waals surface area contributed by atoms with Crippen LogP contribution in [0.25, 0.3) is 20.8 Å². The molecule has 0 aliphatic rings. The Kier molecular flexibility index (Phi) is 4.08. The number of nitrogens with one attached hydrogen (secondary N) is 2. The Hall–Kier alpha value is -2.73. The van der Waals surface area contributed by atoms with E-state index in [1.807, 2.05) is 36.4 Å². The van der Waals surface area contributed by atoms with Crippen LogP contribution in [0.15, 0.2) is 42.5 Å². The zero-order chi connectivity index (χ0) is 16.4. The van der Waals surface area contributed by atoms with Gasteiger partial charge in [-0.2, -0.15) is 0 Å². The Bertz CT molecular complexity index is 834. The summed E-state index contributed by atoms with van der Waals surface area (Å²) in [6.45, 7) is 2.89. The number of carbonyl (C=O) groups excluding carboxylic acids is 2. The normalized spacial score (nSPS) is 10.5. The molecule has 23 heavy (non-hydrogen) atoms. The highest BCUT2D eigenvalue weighted by molar-refractivity contribution is 7.21. The molecule has 1 heterocycles. The summed E-state index contributed by atoms with van der Waals surface area (Å²) in [4.78, 5) is 27.3. The number of nitrogens with zero attached hydrogens (tertiary/aromatic N) is 1. The van der Waals surface area contributed by atoms with Crippen molar-refractivity contribution in [3.8, 4) is 10.6 Å². The summed E-state index contributed by atoms with van der Waals surface area (Å²) in [5.74, 6) is -0.333. The molecule has 5 nitrogen and oxygen atoms in total. The number of thiazole rings is 1. The summed E-state index contributed by atoms with van der Waals surface area (Å²) in [7, 11) is 0. The predicted molar refractivity (Wildman–Crippen MR) is 93.7 cm³/mol. The number of fused-ring (bicyclic) bond motifs is 1. The maximum absolute atomic E-state index is 11.3. The summed E-state index contributed by atoms with van der Waals surface area (Å²) in [6, 6.07) is 13.3. The van der Waals surface area contributed by atoms with Gasteiger partial charge in [-0.1, -0.05) is 12.1 Å². The number of aromatic nitrogens is 1. The highest BCUT2D eigenvalue weighted by atomic mass is 32.1. The molecule has 0 aliphatic heterocycles. The average Bonchev–Trinajstić information content (AvgIpc) is 2.89. The number of para-hydroxylation sites is 1. The third-order valence-corrected chi connectivity index (χ3v) is 4.20. The van der Waals surface area contributed by atoms with Gasteiger partial charge in [-0.3, -0.25) is 9.59 Å². The van der Waals surface area contributed by atoms with Crippen LogP contribution in [0.3, 0.4) is 0 Å². The molecule has 0 spiro atoms. The Morgan fingerprint density at radius 3 is 2.13 bits per heavy atom. The van der Waals surface area contributed by atoms with Gasteiger partial charge in [0.25, 0.3) is 0 Å². The Morgan fingerprint density at radius 2 is 1.57 bits per heavy atom. The zero-order valence-corrected chi connectivity index (χ0v) is 13.5. The number of benzene rings is 2. The van der Waals surface area contributed by atoms with Crippen LogP contribution < -0.4 is 10.6 Å². The molecule has 0 aliphatic carbocycles. The summed E-state index contributed by atoms with van der Waals surface area (Å²) in [5, 5.41) is 6.34. The van der Waals surface area contributed by atoms with E-state index in [2.05, 4.69) is 15.6 Å². The molecular formula is C17H15N3O2S. The molecule has 116 valence electrons. The molecular weight excluding hydrogens is 310 g/mol. The molecule has 0 unspecified atom stereocenters. The molecule has 0 saturated carbocycles. The van der Waals surface area contributed by atoms with E-state index < -0.39 is 0 Å². The van der Waals surface area contributed by atoms with Crippen molar-refractivity contribution in [3.05, 3.63) is 42.5 Å². The monoisotopic (exact) mass is 325 g/mol. The lowest BCUT2D eigenvalue weighted by Gasteiger charge is -2.09. The van der Waals surface area contributed by atoms with Gasteiger partial charge in [0.2, 0.25) is 11.8 Å². The average molecular weight is 325 g/mol. The van der Waals surface area contributed by atoms with Gasteiger partial charge in [0.15, 0.2) is 0 Å². The minimum Gasteiger partial charge on any atom is -0.326 e. The van der Waals surface area contributed by atoms with E-state index in [4.69, 9.17) is 0 Å². The molecule has 3 rings (SSSR count). The van der Waals surface area contributed by atoms with E-state index in [0.29, 0.717) is 11.4 Å². The summed E-state index contributed by atoms with van der Waals surface area (Å²) in [5.41, 5.74) is 3.02. The van der Waals surface area contributed by atoms with Crippen LogP contribution in [0.1, 0.15) is 13.8 Å². The molecule has 2 amide bonds. The Morgan fingerprint density at radius 1 is 0.957 bits per heavy atom. The maximum Gasteiger partial charge on any atom is 0.221 e. The van der Waals surface area contributed by atoms with Gasteiger partial charge in [-0.05, 0) is 30.3 Å². The molecule has 1 aromatic heterocycles. The van der Waals surface area contributed by atoms with E-state index in [1.54, 1.807) is 17.4 Å². The van der Waals surface area contributed by atoms with E-state index in [9.17, 15) is 9.59 Å². The van der Waals surface area contributed by atoms with Crippen molar-refractivity contribution in [2.45, 2.75) is 13.8 Å².